The van der Waals surface area contributed by atoms with Crippen molar-refractivity contribution in [2.24, 2.45) is 0 Å². The molecule has 1 fully saturated rings. The molecule has 1 saturated heterocycles. The van der Waals surface area contributed by atoms with Gasteiger partial charge in [0.15, 0.2) is 0 Å². The number of halogens is 2. The summed E-state index contributed by atoms with van der Waals surface area (Å²) in [5.74, 6) is -0.309. The van der Waals surface area contributed by atoms with Crippen molar-refractivity contribution in [1.82, 2.24) is 0 Å². The van der Waals surface area contributed by atoms with Crippen LogP contribution in [0.1, 0.15) is 69.8 Å². The third-order valence-corrected chi connectivity index (χ3v) is 4.52. The molecular formula is C20H28F2O. The largest absolute Gasteiger partial charge is 0.380 e. The van der Waals surface area contributed by atoms with Crippen LogP contribution in [-0.2, 0) is 4.74 Å². The van der Waals surface area contributed by atoms with Crippen LogP contribution in [0, 0.1) is 0 Å². The number of rotatable bonds is 9. The zero-order chi connectivity index (χ0) is 16.5. The van der Waals surface area contributed by atoms with Crippen molar-refractivity contribution in [3.8, 4) is 0 Å². The van der Waals surface area contributed by atoms with Gasteiger partial charge in [0.25, 0.3) is 0 Å². The quantitative estimate of drug-likeness (QED) is 0.374. The molecular weight excluding hydrogens is 294 g/mol. The van der Waals surface area contributed by atoms with Crippen molar-refractivity contribution in [1.29, 1.82) is 0 Å². The number of unbranched alkanes of at least 4 members (excludes halogenated alkanes) is 7. The molecule has 3 heteroatoms. The molecule has 1 nitrogen and oxygen atoms in total. The van der Waals surface area contributed by atoms with E-state index in [1.54, 1.807) is 6.08 Å². The lowest BCUT2D eigenvalue weighted by molar-refractivity contribution is -0.182. The van der Waals surface area contributed by atoms with Crippen molar-refractivity contribution < 1.29 is 13.5 Å². The van der Waals surface area contributed by atoms with E-state index in [2.05, 4.69) is 6.92 Å². The van der Waals surface area contributed by atoms with E-state index >= 15 is 0 Å². The Morgan fingerprint density at radius 2 is 1.70 bits per heavy atom. The van der Waals surface area contributed by atoms with Crippen LogP contribution in [0.25, 0.3) is 0 Å². The van der Waals surface area contributed by atoms with Crippen LogP contribution < -0.4 is 0 Å². The van der Waals surface area contributed by atoms with Gasteiger partial charge in [-0.1, -0.05) is 81.9 Å². The fraction of sp³-hybridized carbons (Fsp3) is 0.600. The van der Waals surface area contributed by atoms with E-state index in [4.69, 9.17) is 4.74 Å². The number of alkyl halides is 2. The smallest absolute Gasteiger partial charge is 0.316 e. The van der Waals surface area contributed by atoms with Crippen LogP contribution in [0.3, 0.4) is 0 Å². The highest BCUT2D eigenvalue weighted by Gasteiger charge is 2.46. The van der Waals surface area contributed by atoms with Crippen molar-refractivity contribution in [2.45, 2.75) is 70.3 Å². The van der Waals surface area contributed by atoms with Crippen molar-refractivity contribution in [3.63, 3.8) is 0 Å². The Morgan fingerprint density at radius 3 is 2.39 bits per heavy atom. The van der Waals surface area contributed by atoms with Gasteiger partial charge in [-0.3, -0.25) is 0 Å². The third kappa shape index (κ3) is 5.42. The Morgan fingerprint density at radius 1 is 1.04 bits per heavy atom. The Kier molecular flexibility index (Phi) is 7.22. The first kappa shape index (κ1) is 18.1. The Labute approximate surface area is 138 Å². The zero-order valence-electron chi connectivity index (χ0n) is 14.1. The highest BCUT2D eigenvalue weighted by Crippen LogP contribution is 2.44. The maximum atomic E-state index is 14.0. The maximum Gasteiger partial charge on any atom is 0.380 e. The summed E-state index contributed by atoms with van der Waals surface area (Å²) in [7, 11) is 0. The van der Waals surface area contributed by atoms with Crippen LogP contribution >= 0.6 is 0 Å². The van der Waals surface area contributed by atoms with E-state index in [9.17, 15) is 8.78 Å². The molecule has 1 aromatic rings. The molecule has 0 N–H and O–H groups in total. The van der Waals surface area contributed by atoms with Gasteiger partial charge in [-0.2, -0.15) is 8.78 Å². The summed E-state index contributed by atoms with van der Waals surface area (Å²) in [5, 5.41) is 0. The van der Waals surface area contributed by atoms with Crippen LogP contribution in [-0.4, -0.2) is 12.7 Å². The van der Waals surface area contributed by atoms with Gasteiger partial charge in [-0.25, -0.2) is 0 Å². The minimum absolute atomic E-state index is 0.0693. The summed E-state index contributed by atoms with van der Waals surface area (Å²) in [6, 6.07) is 9.48. The fourth-order valence-corrected chi connectivity index (χ4v) is 3.15. The second kappa shape index (κ2) is 9.17. The monoisotopic (exact) mass is 322 g/mol. The van der Waals surface area contributed by atoms with E-state index < -0.39 is 6.11 Å². The molecule has 0 bridgehead atoms. The molecule has 1 aliphatic rings. The van der Waals surface area contributed by atoms with E-state index in [1.165, 1.54) is 32.1 Å². The second-order valence-electron chi connectivity index (χ2n) is 6.36. The van der Waals surface area contributed by atoms with Gasteiger partial charge in [0.2, 0.25) is 0 Å². The first-order valence-corrected chi connectivity index (χ1v) is 8.92. The lowest BCUT2D eigenvalue weighted by Crippen LogP contribution is -2.16. The molecule has 0 saturated carbocycles. The van der Waals surface area contributed by atoms with E-state index in [0.717, 1.165) is 18.4 Å². The van der Waals surface area contributed by atoms with Crippen molar-refractivity contribution in [3.05, 3.63) is 47.5 Å². The summed E-state index contributed by atoms with van der Waals surface area (Å²) in [5.41, 5.74) is 1.06. The van der Waals surface area contributed by atoms with E-state index in [1.807, 2.05) is 30.3 Å². The number of ether oxygens (including phenoxy) is 1. The molecule has 1 aliphatic heterocycles. The van der Waals surface area contributed by atoms with Crippen LogP contribution in [0.4, 0.5) is 8.78 Å². The van der Waals surface area contributed by atoms with E-state index in [-0.39, 0.29) is 18.1 Å². The maximum absolute atomic E-state index is 14.0. The Hall–Kier alpha value is -1.22. The second-order valence-corrected chi connectivity index (χ2v) is 6.36. The van der Waals surface area contributed by atoms with Gasteiger partial charge in [0.05, 0.1) is 6.61 Å². The van der Waals surface area contributed by atoms with Gasteiger partial charge in [0, 0.05) is 11.5 Å². The van der Waals surface area contributed by atoms with Crippen molar-refractivity contribution in [2.75, 3.05) is 6.61 Å². The van der Waals surface area contributed by atoms with E-state index in [0.29, 0.717) is 6.42 Å². The molecule has 0 spiro atoms. The summed E-state index contributed by atoms with van der Waals surface area (Å²) < 4.78 is 32.7. The molecule has 1 heterocycles. The average molecular weight is 322 g/mol. The van der Waals surface area contributed by atoms with Gasteiger partial charge in [-0.15, -0.1) is 0 Å². The summed E-state index contributed by atoms with van der Waals surface area (Å²) in [6.45, 7) is 2.28. The zero-order valence-corrected chi connectivity index (χ0v) is 14.1. The molecule has 1 unspecified atom stereocenters. The fourth-order valence-electron chi connectivity index (χ4n) is 3.15. The predicted molar refractivity (Wildman–Crippen MR) is 90.8 cm³/mol. The van der Waals surface area contributed by atoms with Crippen LogP contribution in [0.5, 0.6) is 0 Å². The minimum Gasteiger partial charge on any atom is -0.316 e. The number of benzene rings is 1. The number of allylic oxidation sites excluding steroid dienone is 1. The lowest BCUT2D eigenvalue weighted by Gasteiger charge is -2.14. The molecule has 0 radical (unpaired) electrons. The number of hydrogen-bond acceptors (Lipinski definition) is 1. The third-order valence-electron chi connectivity index (χ3n) is 4.52. The normalized spacial score (nSPS) is 21.9. The topological polar surface area (TPSA) is 9.23 Å². The highest BCUT2D eigenvalue weighted by atomic mass is 19.3. The SMILES string of the molecule is CCCCCCCCC/C=C1/C(c2ccccc2)COC1(F)F. The molecule has 1 aromatic carbocycles. The summed E-state index contributed by atoms with van der Waals surface area (Å²) in [6.07, 6.45) is 7.73. The summed E-state index contributed by atoms with van der Waals surface area (Å²) >= 11 is 0. The predicted octanol–water partition coefficient (Wildman–Crippen LogP) is 6.46. The molecule has 0 aromatic heterocycles. The lowest BCUT2D eigenvalue weighted by atomic mass is 9.92. The molecule has 23 heavy (non-hydrogen) atoms. The van der Waals surface area contributed by atoms with Crippen LogP contribution in [0.15, 0.2) is 42.0 Å². The standard InChI is InChI=1S/C20H28F2O/c1-2-3-4-5-6-7-8-12-15-19-18(16-23-20(19,21)22)17-13-10-9-11-14-17/h9-11,13-15,18H,2-8,12,16H2,1H3/b19-15-. The molecule has 1 atom stereocenters. The first-order valence-electron chi connectivity index (χ1n) is 8.92. The Balaban J connectivity index is 1.84. The Bertz CT molecular complexity index is 482. The van der Waals surface area contributed by atoms with Crippen LogP contribution in [0.2, 0.25) is 0 Å². The summed E-state index contributed by atoms with van der Waals surface area (Å²) in [4.78, 5) is 0. The molecule has 0 amide bonds. The van der Waals surface area contributed by atoms with Crippen molar-refractivity contribution >= 4 is 0 Å². The molecule has 0 aliphatic carbocycles. The highest BCUT2D eigenvalue weighted by molar-refractivity contribution is 5.34. The van der Waals surface area contributed by atoms with Gasteiger partial charge in [-0.05, 0) is 18.4 Å². The minimum atomic E-state index is -3.11. The average Bonchev–Trinajstić information content (AvgIpc) is 2.86. The van der Waals surface area contributed by atoms with Gasteiger partial charge < -0.3 is 4.74 Å². The van der Waals surface area contributed by atoms with Gasteiger partial charge >= 0.3 is 6.11 Å². The first-order chi connectivity index (χ1) is 11.1. The molecule has 128 valence electrons. The number of hydrogen-bond donors (Lipinski definition) is 0. The molecule has 2 rings (SSSR count). The van der Waals surface area contributed by atoms with Gasteiger partial charge in [0.1, 0.15) is 0 Å².